The van der Waals surface area contributed by atoms with Gasteiger partial charge in [0.25, 0.3) is 0 Å². The summed E-state index contributed by atoms with van der Waals surface area (Å²) >= 11 is 0. The zero-order valence-electron chi connectivity index (χ0n) is 11.3. The van der Waals surface area contributed by atoms with Crippen molar-refractivity contribution in [3.05, 3.63) is 41.5 Å². The number of nitrogens with two attached hydrogens (primary N) is 1. The molecule has 0 aliphatic carbocycles. The van der Waals surface area contributed by atoms with Crippen LogP contribution >= 0.6 is 0 Å². The molecule has 2 rings (SSSR count). The number of nitrogen functional groups attached to an aromatic ring is 1. The minimum absolute atomic E-state index is 0.0928. The normalized spacial score (nSPS) is 12.5. The number of nitrogens with zero attached hydrogens (tertiary/aromatic N) is 2. The summed E-state index contributed by atoms with van der Waals surface area (Å²) in [5.41, 5.74) is 7.80. The quantitative estimate of drug-likeness (QED) is 0.805. The maximum absolute atomic E-state index is 5.89. The first-order chi connectivity index (χ1) is 9.19. The van der Waals surface area contributed by atoms with Gasteiger partial charge in [0, 0.05) is 25.6 Å². The van der Waals surface area contributed by atoms with Crippen LogP contribution in [0.25, 0.3) is 0 Å². The Morgan fingerprint density at radius 2 is 2.11 bits per heavy atom. The fourth-order valence-corrected chi connectivity index (χ4v) is 1.82. The van der Waals surface area contributed by atoms with Gasteiger partial charge in [0.15, 0.2) is 5.82 Å². The Hall–Kier alpha value is -1.88. The maximum atomic E-state index is 5.89. The number of aryl methyl sites for hydroxylation is 2. The van der Waals surface area contributed by atoms with Gasteiger partial charge in [-0.05, 0) is 25.0 Å². The van der Waals surface area contributed by atoms with Crippen molar-refractivity contribution < 1.29 is 9.26 Å². The molecule has 19 heavy (non-hydrogen) atoms. The molecule has 0 saturated carbocycles. The lowest BCUT2D eigenvalue weighted by Gasteiger charge is -2.04. The molecule has 1 heterocycles. The molecule has 1 unspecified atom stereocenters. The first kappa shape index (κ1) is 13.5. The number of benzene rings is 1. The summed E-state index contributed by atoms with van der Waals surface area (Å²) in [6.07, 6.45) is 2.25. The highest BCUT2D eigenvalue weighted by molar-refractivity contribution is 5.46. The number of aromatic nitrogens is 2. The lowest BCUT2D eigenvalue weighted by molar-refractivity contribution is 0.116. The number of ether oxygens (including phenoxy) is 1. The molecule has 1 aromatic carbocycles. The molecule has 0 spiro atoms. The van der Waals surface area contributed by atoms with Crippen molar-refractivity contribution >= 4 is 5.69 Å². The number of methoxy groups -OCH3 is 1. The number of rotatable bonds is 6. The molecular weight excluding hydrogens is 242 g/mol. The van der Waals surface area contributed by atoms with Gasteiger partial charge in [0.1, 0.15) is 0 Å². The minimum atomic E-state index is 0.0928. The van der Waals surface area contributed by atoms with Crippen LogP contribution in [-0.2, 0) is 24.0 Å². The number of hydrogen-bond acceptors (Lipinski definition) is 5. The lowest BCUT2D eigenvalue weighted by atomic mass is 10.1. The van der Waals surface area contributed by atoms with Crippen LogP contribution in [0.4, 0.5) is 5.69 Å². The van der Waals surface area contributed by atoms with E-state index in [9.17, 15) is 0 Å². The van der Waals surface area contributed by atoms with Gasteiger partial charge in [-0.25, -0.2) is 0 Å². The van der Waals surface area contributed by atoms with E-state index in [2.05, 4.69) is 10.1 Å². The van der Waals surface area contributed by atoms with E-state index in [4.69, 9.17) is 15.0 Å². The van der Waals surface area contributed by atoms with Gasteiger partial charge in [-0.3, -0.25) is 0 Å². The Balaban J connectivity index is 1.92. The predicted octanol–water partition coefficient (Wildman–Crippen LogP) is 2.01. The molecule has 0 aliphatic rings. The van der Waals surface area contributed by atoms with Crippen molar-refractivity contribution in [2.24, 2.45) is 0 Å². The van der Waals surface area contributed by atoms with E-state index >= 15 is 0 Å². The molecule has 102 valence electrons. The molecule has 0 radical (unpaired) electrons. The molecule has 0 amide bonds. The van der Waals surface area contributed by atoms with Crippen LogP contribution in [-0.4, -0.2) is 23.4 Å². The zero-order chi connectivity index (χ0) is 13.7. The van der Waals surface area contributed by atoms with Gasteiger partial charge in [-0.1, -0.05) is 23.4 Å². The third kappa shape index (κ3) is 3.79. The molecule has 0 bridgehead atoms. The van der Waals surface area contributed by atoms with Crippen LogP contribution in [0, 0.1) is 0 Å². The van der Waals surface area contributed by atoms with Crippen LogP contribution in [0.3, 0.4) is 0 Å². The Bertz CT molecular complexity index is 525. The molecule has 2 N–H and O–H groups in total. The molecule has 1 atom stereocenters. The van der Waals surface area contributed by atoms with Crippen molar-refractivity contribution in [2.45, 2.75) is 32.3 Å². The van der Waals surface area contributed by atoms with Gasteiger partial charge < -0.3 is 15.0 Å². The van der Waals surface area contributed by atoms with Crippen molar-refractivity contribution in [3.63, 3.8) is 0 Å². The summed E-state index contributed by atoms with van der Waals surface area (Å²) in [4.78, 5) is 4.34. The molecular formula is C14H19N3O2. The Morgan fingerprint density at radius 3 is 2.84 bits per heavy atom. The van der Waals surface area contributed by atoms with E-state index in [1.807, 2.05) is 31.2 Å². The molecule has 1 aromatic heterocycles. The first-order valence-electron chi connectivity index (χ1n) is 6.36. The topological polar surface area (TPSA) is 74.2 Å². The van der Waals surface area contributed by atoms with Gasteiger partial charge >= 0.3 is 0 Å². The van der Waals surface area contributed by atoms with Gasteiger partial charge in [0.2, 0.25) is 5.89 Å². The number of hydrogen-bond donors (Lipinski definition) is 1. The first-order valence-corrected chi connectivity index (χ1v) is 6.36. The lowest BCUT2D eigenvalue weighted by Crippen LogP contribution is -2.09. The smallest absolute Gasteiger partial charge is 0.226 e. The SMILES string of the molecule is COC(C)Cc1noc(CCc2ccccc2N)n1. The van der Waals surface area contributed by atoms with Crippen LogP contribution in [0.2, 0.25) is 0 Å². The zero-order valence-corrected chi connectivity index (χ0v) is 11.3. The second kappa shape index (κ2) is 6.33. The van der Waals surface area contributed by atoms with Gasteiger partial charge in [0.05, 0.1) is 6.10 Å². The monoisotopic (exact) mass is 261 g/mol. The summed E-state index contributed by atoms with van der Waals surface area (Å²) in [6, 6.07) is 7.81. The fraction of sp³-hybridized carbons (Fsp3) is 0.429. The van der Waals surface area contributed by atoms with Crippen LogP contribution in [0.15, 0.2) is 28.8 Å². The minimum Gasteiger partial charge on any atom is -0.399 e. The van der Waals surface area contributed by atoms with E-state index < -0.39 is 0 Å². The summed E-state index contributed by atoms with van der Waals surface area (Å²) in [7, 11) is 1.67. The summed E-state index contributed by atoms with van der Waals surface area (Å²) < 4.78 is 10.4. The third-order valence-corrected chi connectivity index (χ3v) is 3.05. The van der Waals surface area contributed by atoms with Crippen LogP contribution < -0.4 is 5.73 Å². The van der Waals surface area contributed by atoms with Crippen molar-refractivity contribution in [2.75, 3.05) is 12.8 Å². The largest absolute Gasteiger partial charge is 0.399 e. The van der Waals surface area contributed by atoms with E-state index in [0.29, 0.717) is 24.6 Å². The summed E-state index contributed by atoms with van der Waals surface area (Å²) in [5, 5.41) is 3.94. The highest BCUT2D eigenvalue weighted by Gasteiger charge is 2.10. The maximum Gasteiger partial charge on any atom is 0.226 e. The summed E-state index contributed by atoms with van der Waals surface area (Å²) in [5.74, 6) is 1.33. The Morgan fingerprint density at radius 1 is 1.32 bits per heavy atom. The Labute approximate surface area is 112 Å². The third-order valence-electron chi connectivity index (χ3n) is 3.05. The predicted molar refractivity (Wildman–Crippen MR) is 72.7 cm³/mol. The molecule has 2 aromatic rings. The van der Waals surface area contributed by atoms with Crippen molar-refractivity contribution in [3.8, 4) is 0 Å². The molecule has 5 heteroatoms. The Kier molecular flexibility index (Phi) is 4.52. The fourth-order valence-electron chi connectivity index (χ4n) is 1.82. The van der Waals surface area contributed by atoms with E-state index in [1.54, 1.807) is 7.11 Å². The van der Waals surface area contributed by atoms with E-state index in [-0.39, 0.29) is 6.10 Å². The standard InChI is InChI=1S/C14H19N3O2/c1-10(18-2)9-13-16-14(19-17-13)8-7-11-5-3-4-6-12(11)15/h3-6,10H,7-9,15H2,1-2H3. The molecule has 5 nitrogen and oxygen atoms in total. The van der Waals surface area contributed by atoms with Crippen molar-refractivity contribution in [1.29, 1.82) is 0 Å². The average Bonchev–Trinajstić information content (AvgIpc) is 2.85. The van der Waals surface area contributed by atoms with Crippen LogP contribution in [0.1, 0.15) is 24.2 Å². The van der Waals surface area contributed by atoms with E-state index in [0.717, 1.165) is 17.7 Å². The molecule has 0 aliphatic heterocycles. The highest BCUT2D eigenvalue weighted by Crippen LogP contribution is 2.13. The van der Waals surface area contributed by atoms with Gasteiger partial charge in [-0.2, -0.15) is 4.98 Å². The second-order valence-electron chi connectivity index (χ2n) is 4.55. The average molecular weight is 261 g/mol. The van der Waals surface area contributed by atoms with Crippen LogP contribution in [0.5, 0.6) is 0 Å². The highest BCUT2D eigenvalue weighted by atomic mass is 16.5. The second-order valence-corrected chi connectivity index (χ2v) is 4.55. The number of para-hydroxylation sites is 1. The molecule has 0 saturated heterocycles. The van der Waals surface area contributed by atoms with Gasteiger partial charge in [-0.15, -0.1) is 0 Å². The van der Waals surface area contributed by atoms with E-state index in [1.165, 1.54) is 0 Å². The molecule has 0 fully saturated rings. The summed E-state index contributed by atoms with van der Waals surface area (Å²) in [6.45, 7) is 1.97. The van der Waals surface area contributed by atoms with Crippen molar-refractivity contribution in [1.82, 2.24) is 10.1 Å². The number of anilines is 1.